The van der Waals surface area contributed by atoms with Crippen molar-refractivity contribution >= 4 is 40.8 Å². The summed E-state index contributed by atoms with van der Waals surface area (Å²) in [5.41, 5.74) is 0.871. The van der Waals surface area contributed by atoms with Crippen LogP contribution in [0.2, 0.25) is 0 Å². The number of rotatable bonds is 8. The van der Waals surface area contributed by atoms with E-state index in [0.717, 1.165) is 26.4 Å². The summed E-state index contributed by atoms with van der Waals surface area (Å²) in [6, 6.07) is 5.98. The minimum atomic E-state index is -0.283. The Kier molecular flexibility index (Phi) is 7.51. The summed E-state index contributed by atoms with van der Waals surface area (Å²) in [5.74, 6) is 0.661. The SMILES string of the molecule is CCCSc1nnc(S[C@H](C)C(=O)N[C@H](C)c2ccc(F)cc2)s1. The number of aromatic nitrogens is 2. The van der Waals surface area contributed by atoms with Gasteiger partial charge in [-0.3, -0.25) is 4.79 Å². The lowest BCUT2D eigenvalue weighted by Crippen LogP contribution is -2.33. The highest BCUT2D eigenvalue weighted by Crippen LogP contribution is 2.31. The molecule has 1 aromatic carbocycles. The van der Waals surface area contributed by atoms with E-state index < -0.39 is 0 Å². The average Bonchev–Trinajstić information content (AvgIpc) is 3.00. The lowest BCUT2D eigenvalue weighted by atomic mass is 10.1. The van der Waals surface area contributed by atoms with Crippen molar-refractivity contribution < 1.29 is 9.18 Å². The number of thioether (sulfide) groups is 2. The number of nitrogens with zero attached hydrogens (tertiary/aromatic N) is 2. The zero-order valence-electron chi connectivity index (χ0n) is 13.8. The number of carbonyl (C=O) groups excluding carboxylic acids is 1. The molecule has 1 N–H and O–H groups in total. The van der Waals surface area contributed by atoms with Crippen LogP contribution in [-0.4, -0.2) is 27.1 Å². The molecule has 1 aromatic heterocycles. The number of carbonyl (C=O) groups is 1. The molecule has 24 heavy (non-hydrogen) atoms. The van der Waals surface area contributed by atoms with E-state index in [4.69, 9.17) is 0 Å². The van der Waals surface area contributed by atoms with E-state index in [1.54, 1.807) is 23.9 Å². The van der Waals surface area contributed by atoms with E-state index in [0.29, 0.717) is 0 Å². The van der Waals surface area contributed by atoms with Crippen molar-refractivity contribution in [2.24, 2.45) is 0 Å². The first-order valence-electron chi connectivity index (χ1n) is 7.68. The predicted molar refractivity (Wildman–Crippen MR) is 99.2 cm³/mol. The van der Waals surface area contributed by atoms with Crippen LogP contribution in [0.1, 0.15) is 38.8 Å². The molecule has 2 rings (SSSR count). The Morgan fingerprint density at radius 3 is 2.58 bits per heavy atom. The summed E-state index contributed by atoms with van der Waals surface area (Å²) in [6.07, 6.45) is 1.09. The Bertz CT molecular complexity index is 663. The van der Waals surface area contributed by atoms with E-state index in [1.807, 2.05) is 13.8 Å². The molecule has 2 aromatic rings. The van der Waals surface area contributed by atoms with Crippen LogP contribution >= 0.6 is 34.9 Å². The van der Waals surface area contributed by atoms with Crippen LogP contribution < -0.4 is 5.32 Å². The average molecular weight is 386 g/mol. The van der Waals surface area contributed by atoms with Crippen molar-refractivity contribution in [3.8, 4) is 0 Å². The maximum absolute atomic E-state index is 13.0. The van der Waals surface area contributed by atoms with Gasteiger partial charge in [0.05, 0.1) is 11.3 Å². The fraction of sp³-hybridized carbons (Fsp3) is 0.438. The summed E-state index contributed by atoms with van der Waals surface area (Å²) in [7, 11) is 0. The lowest BCUT2D eigenvalue weighted by Gasteiger charge is -2.17. The van der Waals surface area contributed by atoms with Gasteiger partial charge in [0.2, 0.25) is 5.91 Å². The molecule has 0 saturated heterocycles. The number of amides is 1. The lowest BCUT2D eigenvalue weighted by molar-refractivity contribution is -0.120. The monoisotopic (exact) mass is 385 g/mol. The highest BCUT2D eigenvalue weighted by Gasteiger charge is 2.19. The quantitative estimate of drug-likeness (QED) is 0.676. The first-order chi connectivity index (χ1) is 11.5. The fourth-order valence-corrected chi connectivity index (χ4v) is 4.96. The third kappa shape index (κ3) is 5.75. The Labute approximate surface area is 154 Å². The van der Waals surface area contributed by atoms with Gasteiger partial charge < -0.3 is 5.32 Å². The maximum atomic E-state index is 13.0. The minimum absolute atomic E-state index is 0.0743. The summed E-state index contributed by atoms with van der Waals surface area (Å²) >= 11 is 4.61. The Morgan fingerprint density at radius 1 is 1.25 bits per heavy atom. The normalized spacial score (nSPS) is 13.5. The van der Waals surface area contributed by atoms with Crippen molar-refractivity contribution in [3.63, 3.8) is 0 Å². The van der Waals surface area contributed by atoms with Crippen molar-refractivity contribution in [3.05, 3.63) is 35.6 Å². The number of hydrogen-bond donors (Lipinski definition) is 1. The maximum Gasteiger partial charge on any atom is 0.233 e. The molecular weight excluding hydrogens is 365 g/mol. The number of halogens is 1. The van der Waals surface area contributed by atoms with Gasteiger partial charge in [-0.05, 0) is 38.0 Å². The van der Waals surface area contributed by atoms with Gasteiger partial charge in [0, 0.05) is 5.75 Å². The van der Waals surface area contributed by atoms with E-state index in [-0.39, 0.29) is 23.0 Å². The largest absolute Gasteiger partial charge is 0.349 e. The molecule has 8 heteroatoms. The van der Waals surface area contributed by atoms with Crippen LogP contribution in [0.4, 0.5) is 4.39 Å². The second-order valence-corrected chi connectivity index (χ2v) is 9.13. The molecule has 0 fully saturated rings. The number of hydrogen-bond acceptors (Lipinski definition) is 6. The molecule has 0 saturated carbocycles. The first kappa shape index (κ1) is 19.2. The van der Waals surface area contributed by atoms with Gasteiger partial charge in [-0.25, -0.2) is 4.39 Å². The highest BCUT2D eigenvalue weighted by molar-refractivity contribution is 8.03. The van der Waals surface area contributed by atoms with E-state index in [2.05, 4.69) is 22.4 Å². The van der Waals surface area contributed by atoms with Crippen molar-refractivity contribution in [2.75, 3.05) is 5.75 Å². The summed E-state index contributed by atoms with van der Waals surface area (Å²) in [6.45, 7) is 5.85. The van der Waals surface area contributed by atoms with Gasteiger partial charge in [-0.1, -0.05) is 53.9 Å². The van der Waals surface area contributed by atoms with Crippen molar-refractivity contribution in [2.45, 2.75) is 47.2 Å². The van der Waals surface area contributed by atoms with Gasteiger partial charge in [-0.15, -0.1) is 10.2 Å². The number of benzene rings is 1. The van der Waals surface area contributed by atoms with E-state index in [1.165, 1.54) is 35.2 Å². The van der Waals surface area contributed by atoms with Crippen LogP contribution in [0.3, 0.4) is 0 Å². The second kappa shape index (κ2) is 9.39. The van der Waals surface area contributed by atoms with Gasteiger partial charge in [0.1, 0.15) is 5.82 Å². The van der Waals surface area contributed by atoms with Crippen LogP contribution in [0, 0.1) is 5.82 Å². The molecule has 0 aliphatic carbocycles. The molecule has 0 aliphatic heterocycles. The Hall–Kier alpha value is -1.12. The Balaban J connectivity index is 1.87. The summed E-state index contributed by atoms with van der Waals surface area (Å²) in [4.78, 5) is 12.3. The van der Waals surface area contributed by atoms with Gasteiger partial charge >= 0.3 is 0 Å². The molecule has 0 spiro atoms. The van der Waals surface area contributed by atoms with Crippen LogP contribution in [-0.2, 0) is 4.79 Å². The predicted octanol–water partition coefficient (Wildman–Crippen LogP) is 4.54. The summed E-state index contributed by atoms with van der Waals surface area (Å²) < 4.78 is 14.7. The molecule has 0 aliphatic rings. The van der Waals surface area contributed by atoms with Gasteiger partial charge in [-0.2, -0.15) is 0 Å². The van der Waals surface area contributed by atoms with Crippen LogP contribution in [0.15, 0.2) is 32.9 Å². The molecule has 130 valence electrons. The topological polar surface area (TPSA) is 54.9 Å². The third-order valence-electron chi connectivity index (χ3n) is 3.19. The molecule has 0 unspecified atom stereocenters. The van der Waals surface area contributed by atoms with Crippen molar-refractivity contribution in [1.82, 2.24) is 15.5 Å². The smallest absolute Gasteiger partial charge is 0.233 e. The second-order valence-electron chi connectivity index (χ2n) is 5.22. The molecule has 0 radical (unpaired) electrons. The molecule has 1 heterocycles. The van der Waals surface area contributed by atoms with Crippen LogP contribution in [0.25, 0.3) is 0 Å². The van der Waals surface area contributed by atoms with Gasteiger partial charge in [0.15, 0.2) is 8.68 Å². The molecular formula is C16H20FN3OS3. The Morgan fingerprint density at radius 2 is 1.92 bits per heavy atom. The minimum Gasteiger partial charge on any atom is -0.349 e. The molecule has 1 amide bonds. The highest BCUT2D eigenvalue weighted by atomic mass is 32.2. The number of nitrogens with one attached hydrogen (secondary N) is 1. The summed E-state index contributed by atoms with van der Waals surface area (Å²) in [5, 5.41) is 10.9. The first-order valence-corrected chi connectivity index (χ1v) is 10.4. The molecule has 2 atom stereocenters. The van der Waals surface area contributed by atoms with E-state index >= 15 is 0 Å². The van der Waals surface area contributed by atoms with Crippen molar-refractivity contribution in [1.29, 1.82) is 0 Å². The van der Waals surface area contributed by atoms with Crippen LogP contribution in [0.5, 0.6) is 0 Å². The standard InChI is InChI=1S/C16H20FN3OS3/c1-4-9-22-15-19-20-16(24-15)23-11(3)14(21)18-10(2)12-5-7-13(17)8-6-12/h5-8,10-11H,4,9H2,1-3H3,(H,18,21)/t10-,11-/m1/s1. The zero-order chi connectivity index (χ0) is 17.5. The fourth-order valence-electron chi connectivity index (χ4n) is 1.86. The third-order valence-corrected chi connectivity index (χ3v) is 6.64. The van der Waals surface area contributed by atoms with Gasteiger partial charge in [0.25, 0.3) is 0 Å². The zero-order valence-corrected chi connectivity index (χ0v) is 16.2. The molecule has 4 nitrogen and oxygen atoms in total. The molecule has 0 bridgehead atoms. The van der Waals surface area contributed by atoms with E-state index in [9.17, 15) is 9.18 Å².